The van der Waals surface area contributed by atoms with E-state index in [-0.39, 0.29) is 12.1 Å². The molecule has 1 fully saturated rings. The summed E-state index contributed by atoms with van der Waals surface area (Å²) in [5.74, 6) is 7.95. The predicted octanol–water partition coefficient (Wildman–Crippen LogP) is 5.61. The van der Waals surface area contributed by atoms with Crippen molar-refractivity contribution in [1.82, 2.24) is 15.0 Å². The standard InChI is InChI=1S/C27H30N4O2.C2H6/c1-4-6-18-15-19(9-12-25(18)32-17(2)3)27-29-26(30-33-27)23-8-5-7-22-21(23)10-11-24(22)31-14-13-20(28)16-31;1-2/h5,7-9,12,15,17,20,24H,10-11,13-14,16,28H2,1-3H3;1-2H3. The van der Waals surface area contributed by atoms with Gasteiger partial charge in [-0.05, 0) is 69.4 Å². The molecule has 2 unspecified atom stereocenters. The van der Waals surface area contributed by atoms with Crippen LogP contribution in [0.1, 0.15) is 70.2 Å². The van der Waals surface area contributed by atoms with E-state index in [1.807, 2.05) is 52.8 Å². The molecule has 2 aliphatic rings. The Morgan fingerprint density at radius 3 is 2.71 bits per heavy atom. The summed E-state index contributed by atoms with van der Waals surface area (Å²) in [6, 6.07) is 13.0. The zero-order valence-corrected chi connectivity index (χ0v) is 21.5. The van der Waals surface area contributed by atoms with Crippen LogP contribution in [0.15, 0.2) is 40.9 Å². The van der Waals surface area contributed by atoms with E-state index >= 15 is 0 Å². The average Bonchev–Trinajstić information content (AvgIpc) is 3.60. The lowest BCUT2D eigenvalue weighted by Crippen LogP contribution is -2.29. The molecule has 6 heteroatoms. The Bertz CT molecular complexity index is 1220. The Balaban J connectivity index is 0.00000141. The van der Waals surface area contributed by atoms with Crippen molar-refractivity contribution in [2.75, 3.05) is 13.1 Å². The van der Waals surface area contributed by atoms with Crippen LogP contribution in [0.4, 0.5) is 0 Å². The van der Waals surface area contributed by atoms with Gasteiger partial charge >= 0.3 is 0 Å². The van der Waals surface area contributed by atoms with Gasteiger partial charge in [0.2, 0.25) is 5.82 Å². The molecule has 1 aliphatic carbocycles. The number of benzene rings is 2. The summed E-state index contributed by atoms with van der Waals surface area (Å²) in [5.41, 5.74) is 11.6. The molecular weight excluding hydrogens is 436 g/mol. The first kappa shape index (κ1) is 25.0. The molecule has 35 heavy (non-hydrogen) atoms. The molecular formula is C29H36N4O2. The van der Waals surface area contributed by atoms with Crippen LogP contribution in [0.3, 0.4) is 0 Å². The van der Waals surface area contributed by atoms with Crippen molar-refractivity contribution in [3.05, 3.63) is 53.1 Å². The Hall–Kier alpha value is -3.14. The van der Waals surface area contributed by atoms with Crippen molar-refractivity contribution >= 4 is 0 Å². The molecule has 0 radical (unpaired) electrons. The first-order valence-corrected chi connectivity index (χ1v) is 12.7. The van der Waals surface area contributed by atoms with Gasteiger partial charge in [-0.3, -0.25) is 4.90 Å². The van der Waals surface area contributed by atoms with E-state index in [2.05, 4.69) is 40.1 Å². The number of ether oxygens (including phenoxy) is 1. The normalized spacial score (nSPS) is 19.1. The minimum atomic E-state index is 0.0727. The number of fused-ring (bicyclic) bond motifs is 1. The molecule has 2 atom stereocenters. The van der Waals surface area contributed by atoms with Gasteiger partial charge < -0.3 is 15.0 Å². The van der Waals surface area contributed by atoms with Gasteiger partial charge in [-0.2, -0.15) is 4.98 Å². The molecule has 2 aromatic carbocycles. The molecule has 5 rings (SSSR count). The molecule has 6 nitrogen and oxygen atoms in total. The summed E-state index contributed by atoms with van der Waals surface area (Å²) in [4.78, 5) is 7.28. The van der Waals surface area contributed by atoms with Crippen LogP contribution in [-0.4, -0.2) is 40.3 Å². The van der Waals surface area contributed by atoms with Gasteiger partial charge in [-0.15, -0.1) is 5.92 Å². The number of rotatable bonds is 5. The highest BCUT2D eigenvalue weighted by Gasteiger charge is 2.33. The number of hydrogen-bond acceptors (Lipinski definition) is 6. The minimum Gasteiger partial charge on any atom is -0.490 e. The molecule has 1 aromatic heterocycles. The third-order valence-corrected chi connectivity index (χ3v) is 6.45. The lowest BCUT2D eigenvalue weighted by atomic mass is 10.0. The van der Waals surface area contributed by atoms with E-state index in [4.69, 9.17) is 20.0 Å². The summed E-state index contributed by atoms with van der Waals surface area (Å²) in [5, 5.41) is 4.33. The Labute approximate surface area is 208 Å². The highest BCUT2D eigenvalue weighted by Crippen LogP contribution is 2.41. The molecule has 0 saturated carbocycles. The SMILES string of the molecule is CC.CC#Cc1cc(-c2nc(-c3cccc4c3CCC4N3CCC(N)C3)no2)ccc1OC(C)C. The fraction of sp³-hybridized carbons (Fsp3) is 0.448. The second kappa shape index (κ2) is 11.1. The van der Waals surface area contributed by atoms with E-state index in [9.17, 15) is 0 Å². The number of likely N-dealkylation sites (tertiary alicyclic amines) is 1. The Morgan fingerprint density at radius 2 is 2.00 bits per heavy atom. The molecule has 0 spiro atoms. The number of nitrogens with two attached hydrogens (primary N) is 1. The van der Waals surface area contributed by atoms with Crippen LogP contribution < -0.4 is 10.5 Å². The van der Waals surface area contributed by atoms with Crippen LogP contribution in [0.25, 0.3) is 22.8 Å². The minimum absolute atomic E-state index is 0.0727. The van der Waals surface area contributed by atoms with Crippen molar-refractivity contribution in [1.29, 1.82) is 0 Å². The highest BCUT2D eigenvalue weighted by molar-refractivity contribution is 5.67. The molecule has 184 valence electrons. The molecule has 2 heterocycles. The quantitative estimate of drug-likeness (QED) is 0.487. The van der Waals surface area contributed by atoms with Crippen molar-refractivity contribution in [2.45, 2.75) is 72.1 Å². The summed E-state index contributed by atoms with van der Waals surface area (Å²) in [7, 11) is 0. The van der Waals surface area contributed by atoms with Crippen molar-refractivity contribution in [3.8, 4) is 40.4 Å². The zero-order chi connectivity index (χ0) is 24.9. The molecule has 1 saturated heterocycles. The number of nitrogens with zero attached hydrogens (tertiary/aromatic N) is 3. The zero-order valence-electron chi connectivity index (χ0n) is 21.5. The summed E-state index contributed by atoms with van der Waals surface area (Å²) >= 11 is 0. The second-order valence-electron chi connectivity index (χ2n) is 9.15. The maximum atomic E-state index is 6.16. The third-order valence-electron chi connectivity index (χ3n) is 6.45. The molecule has 0 bridgehead atoms. The summed E-state index contributed by atoms with van der Waals surface area (Å²) < 4.78 is 11.6. The molecule has 2 N–H and O–H groups in total. The smallest absolute Gasteiger partial charge is 0.258 e. The average molecular weight is 473 g/mol. The fourth-order valence-corrected chi connectivity index (χ4v) is 5.02. The first-order valence-electron chi connectivity index (χ1n) is 12.7. The number of aromatic nitrogens is 2. The van der Waals surface area contributed by atoms with Gasteiger partial charge in [0.25, 0.3) is 5.89 Å². The van der Waals surface area contributed by atoms with Crippen LogP contribution >= 0.6 is 0 Å². The van der Waals surface area contributed by atoms with Gasteiger partial charge in [0.15, 0.2) is 0 Å². The van der Waals surface area contributed by atoms with Gasteiger partial charge in [0.05, 0.1) is 11.7 Å². The largest absolute Gasteiger partial charge is 0.490 e. The predicted molar refractivity (Wildman–Crippen MR) is 140 cm³/mol. The maximum Gasteiger partial charge on any atom is 0.258 e. The van der Waals surface area contributed by atoms with E-state index in [0.717, 1.165) is 54.8 Å². The molecule has 0 amide bonds. The van der Waals surface area contributed by atoms with Crippen molar-refractivity contribution < 1.29 is 9.26 Å². The van der Waals surface area contributed by atoms with Gasteiger partial charge in [-0.1, -0.05) is 43.1 Å². The molecule has 3 aromatic rings. The molecule has 1 aliphatic heterocycles. The third kappa shape index (κ3) is 5.27. The highest BCUT2D eigenvalue weighted by atomic mass is 16.5. The number of hydrogen-bond donors (Lipinski definition) is 1. The first-order chi connectivity index (χ1) is 17.0. The van der Waals surface area contributed by atoms with E-state index in [0.29, 0.717) is 17.8 Å². The van der Waals surface area contributed by atoms with E-state index in [1.54, 1.807) is 0 Å². The maximum absolute atomic E-state index is 6.16. The fourth-order valence-electron chi connectivity index (χ4n) is 5.02. The Morgan fingerprint density at radius 1 is 1.17 bits per heavy atom. The van der Waals surface area contributed by atoms with E-state index in [1.165, 1.54) is 11.1 Å². The van der Waals surface area contributed by atoms with Crippen LogP contribution in [0.5, 0.6) is 5.75 Å². The second-order valence-corrected chi connectivity index (χ2v) is 9.15. The topological polar surface area (TPSA) is 77.4 Å². The summed E-state index contributed by atoms with van der Waals surface area (Å²) in [6.07, 6.45) is 3.28. The summed E-state index contributed by atoms with van der Waals surface area (Å²) in [6.45, 7) is 11.9. The van der Waals surface area contributed by atoms with Crippen molar-refractivity contribution in [3.63, 3.8) is 0 Å². The lowest BCUT2D eigenvalue weighted by Gasteiger charge is -2.24. The van der Waals surface area contributed by atoms with Crippen LogP contribution in [0, 0.1) is 11.8 Å². The monoisotopic (exact) mass is 472 g/mol. The van der Waals surface area contributed by atoms with Gasteiger partial charge in [0, 0.05) is 36.3 Å². The van der Waals surface area contributed by atoms with Gasteiger partial charge in [0.1, 0.15) is 5.75 Å². The van der Waals surface area contributed by atoms with Crippen molar-refractivity contribution in [2.24, 2.45) is 5.73 Å². The van der Waals surface area contributed by atoms with Crippen LogP contribution in [0.2, 0.25) is 0 Å². The Kier molecular flexibility index (Phi) is 7.90. The lowest BCUT2D eigenvalue weighted by molar-refractivity contribution is 0.242. The van der Waals surface area contributed by atoms with E-state index < -0.39 is 0 Å². The van der Waals surface area contributed by atoms with Gasteiger partial charge in [-0.25, -0.2) is 0 Å². The van der Waals surface area contributed by atoms with Crippen LogP contribution in [-0.2, 0) is 6.42 Å².